The monoisotopic (exact) mass is 454 g/mol. The van der Waals surface area contributed by atoms with Gasteiger partial charge in [0.15, 0.2) is 0 Å². The van der Waals surface area contributed by atoms with Gasteiger partial charge >= 0.3 is 0 Å². The predicted octanol–water partition coefficient (Wildman–Crippen LogP) is 0.821. The Morgan fingerprint density at radius 2 is 1.79 bits per heavy atom. The molecule has 3 fully saturated rings. The summed E-state index contributed by atoms with van der Waals surface area (Å²) < 4.78 is 5.69. The lowest BCUT2D eigenvalue weighted by molar-refractivity contribution is -0.136. The van der Waals surface area contributed by atoms with E-state index in [4.69, 9.17) is 4.74 Å². The minimum atomic E-state index is -0.931. The highest BCUT2D eigenvalue weighted by molar-refractivity contribution is 6.23. The van der Waals surface area contributed by atoms with E-state index in [0.717, 1.165) is 62.4 Å². The Labute approximate surface area is 192 Å². The zero-order valence-electron chi connectivity index (χ0n) is 18.7. The number of nitrogens with one attached hydrogen (secondary N) is 2. The number of rotatable bonds is 6. The van der Waals surface area contributed by atoms with Crippen molar-refractivity contribution < 1.29 is 23.9 Å². The minimum Gasteiger partial charge on any atom is -0.377 e. The number of hydrogen-bond donors (Lipinski definition) is 2. The molecule has 33 heavy (non-hydrogen) atoms. The normalized spacial score (nSPS) is 26.7. The van der Waals surface area contributed by atoms with E-state index in [2.05, 4.69) is 15.5 Å². The van der Waals surface area contributed by atoms with Crippen molar-refractivity contribution in [1.29, 1.82) is 0 Å². The molecule has 0 radical (unpaired) electrons. The molecule has 4 amide bonds. The van der Waals surface area contributed by atoms with Crippen LogP contribution >= 0.6 is 0 Å². The van der Waals surface area contributed by atoms with Gasteiger partial charge in [0.2, 0.25) is 11.8 Å². The molecule has 0 saturated carbocycles. The van der Waals surface area contributed by atoms with E-state index in [1.54, 1.807) is 12.1 Å². The summed E-state index contributed by atoms with van der Waals surface area (Å²) in [6, 6.07) is 4.93. The number of amides is 4. The second-order valence-electron chi connectivity index (χ2n) is 9.42. The molecule has 9 heteroatoms. The number of ether oxygens (including phenoxy) is 1. The van der Waals surface area contributed by atoms with E-state index in [0.29, 0.717) is 29.8 Å². The highest BCUT2D eigenvalue weighted by Gasteiger charge is 2.44. The highest BCUT2D eigenvalue weighted by Crippen LogP contribution is 2.29. The van der Waals surface area contributed by atoms with E-state index in [1.807, 2.05) is 6.07 Å². The Morgan fingerprint density at radius 3 is 2.52 bits per heavy atom. The number of carbonyl (C=O) groups is 4. The number of likely N-dealkylation sites (tertiary alicyclic amines) is 1. The molecular formula is C24H30N4O5. The quantitative estimate of drug-likeness (QED) is 0.613. The van der Waals surface area contributed by atoms with E-state index >= 15 is 0 Å². The van der Waals surface area contributed by atoms with Gasteiger partial charge in [-0.1, -0.05) is 6.07 Å². The molecule has 0 spiro atoms. The predicted molar refractivity (Wildman–Crippen MR) is 118 cm³/mol. The number of piperidine rings is 2. The van der Waals surface area contributed by atoms with Crippen LogP contribution in [0, 0.1) is 0 Å². The van der Waals surface area contributed by atoms with Gasteiger partial charge in [-0.3, -0.25) is 34.3 Å². The largest absolute Gasteiger partial charge is 0.377 e. The zero-order valence-corrected chi connectivity index (χ0v) is 18.7. The third-order valence-electron chi connectivity index (χ3n) is 7.16. The van der Waals surface area contributed by atoms with E-state index in [-0.39, 0.29) is 18.7 Å². The molecule has 0 aromatic heterocycles. The molecule has 1 aromatic carbocycles. The van der Waals surface area contributed by atoms with E-state index < -0.39 is 23.8 Å². The van der Waals surface area contributed by atoms with Crippen LogP contribution < -0.4 is 10.6 Å². The fraction of sp³-hybridized carbons (Fsp3) is 0.583. The van der Waals surface area contributed by atoms with Crippen molar-refractivity contribution in [3.63, 3.8) is 0 Å². The van der Waals surface area contributed by atoms with Crippen LogP contribution in [0.5, 0.6) is 0 Å². The second kappa shape index (κ2) is 9.32. The summed E-state index contributed by atoms with van der Waals surface area (Å²) in [7, 11) is 0. The van der Waals surface area contributed by atoms with Gasteiger partial charge in [0.05, 0.1) is 17.2 Å². The second-order valence-corrected chi connectivity index (χ2v) is 9.42. The summed E-state index contributed by atoms with van der Waals surface area (Å²) in [6.07, 6.45) is 5.08. The number of fused-ring (bicyclic) bond motifs is 1. The molecule has 1 aromatic rings. The Morgan fingerprint density at radius 1 is 1.00 bits per heavy atom. The minimum absolute atomic E-state index is 0.119. The zero-order chi connectivity index (χ0) is 22.9. The first-order valence-corrected chi connectivity index (χ1v) is 11.9. The van der Waals surface area contributed by atoms with Crippen LogP contribution in [0.15, 0.2) is 18.2 Å². The van der Waals surface area contributed by atoms with Crippen molar-refractivity contribution in [2.45, 2.75) is 63.3 Å². The van der Waals surface area contributed by atoms with Gasteiger partial charge in [-0.15, -0.1) is 0 Å². The Hall–Kier alpha value is -2.62. The Balaban J connectivity index is 1.18. The summed E-state index contributed by atoms with van der Waals surface area (Å²) in [4.78, 5) is 52.9. The molecule has 176 valence electrons. The molecule has 5 rings (SSSR count). The third kappa shape index (κ3) is 4.58. The standard InChI is InChI=1S/C24H30N4O5/c29-21-6-5-20(22(30)26-21)28-23(31)18-4-3-15(12-19(18)24(28)32)14-27-9-7-16(8-10-27)25-13-17-2-1-11-33-17/h3-4,12,16-17,20,25H,1-2,5-11,13-14H2,(H,26,29,30). The van der Waals surface area contributed by atoms with E-state index in [9.17, 15) is 19.2 Å². The van der Waals surface area contributed by atoms with Gasteiger partial charge < -0.3 is 10.1 Å². The summed E-state index contributed by atoms with van der Waals surface area (Å²) in [6.45, 7) is 4.46. The summed E-state index contributed by atoms with van der Waals surface area (Å²) >= 11 is 0. The first kappa shape index (κ1) is 22.2. The summed E-state index contributed by atoms with van der Waals surface area (Å²) in [5.74, 6) is -1.88. The van der Waals surface area contributed by atoms with E-state index in [1.165, 1.54) is 0 Å². The van der Waals surface area contributed by atoms with Crippen LogP contribution in [0.3, 0.4) is 0 Å². The molecule has 2 unspecified atom stereocenters. The van der Waals surface area contributed by atoms with Crippen LogP contribution in [0.1, 0.15) is 64.8 Å². The highest BCUT2D eigenvalue weighted by atomic mass is 16.5. The van der Waals surface area contributed by atoms with Crippen LogP contribution in [0.4, 0.5) is 0 Å². The smallest absolute Gasteiger partial charge is 0.262 e. The molecule has 4 aliphatic heterocycles. The van der Waals surface area contributed by atoms with Crippen molar-refractivity contribution >= 4 is 23.6 Å². The van der Waals surface area contributed by atoms with Gasteiger partial charge in [-0.05, 0) is 62.9 Å². The molecule has 3 saturated heterocycles. The van der Waals surface area contributed by atoms with Crippen molar-refractivity contribution in [2.75, 3.05) is 26.2 Å². The molecule has 2 atom stereocenters. The fourth-order valence-electron chi connectivity index (χ4n) is 5.27. The lowest BCUT2D eigenvalue weighted by Gasteiger charge is -2.33. The van der Waals surface area contributed by atoms with Crippen molar-refractivity contribution in [3.8, 4) is 0 Å². The van der Waals surface area contributed by atoms with Gasteiger partial charge in [0.25, 0.3) is 11.8 Å². The Kier molecular flexibility index (Phi) is 6.27. The van der Waals surface area contributed by atoms with Crippen molar-refractivity contribution in [2.24, 2.45) is 0 Å². The third-order valence-corrected chi connectivity index (χ3v) is 7.16. The first-order chi connectivity index (χ1) is 16.0. The van der Waals surface area contributed by atoms with Gasteiger partial charge in [-0.2, -0.15) is 0 Å². The van der Waals surface area contributed by atoms with Crippen LogP contribution in [0.25, 0.3) is 0 Å². The lowest BCUT2D eigenvalue weighted by atomic mass is 10.0. The van der Waals surface area contributed by atoms with Crippen LogP contribution in [-0.2, 0) is 20.9 Å². The molecule has 4 heterocycles. The number of carbonyl (C=O) groups excluding carboxylic acids is 4. The summed E-state index contributed by atoms with van der Waals surface area (Å²) in [5, 5.41) is 5.87. The molecule has 4 aliphatic rings. The van der Waals surface area contributed by atoms with Crippen molar-refractivity contribution in [1.82, 2.24) is 20.4 Å². The van der Waals surface area contributed by atoms with Gasteiger partial charge in [-0.25, -0.2) is 0 Å². The lowest BCUT2D eigenvalue weighted by Crippen LogP contribution is -2.54. The molecule has 0 aliphatic carbocycles. The average molecular weight is 455 g/mol. The number of imide groups is 2. The SMILES string of the molecule is O=C1CCC(N2C(=O)c3ccc(CN4CCC(NCC5CCCO5)CC4)cc3C2=O)C(=O)N1. The maximum atomic E-state index is 13.0. The summed E-state index contributed by atoms with van der Waals surface area (Å²) in [5.41, 5.74) is 1.64. The molecular weight excluding hydrogens is 424 g/mol. The molecule has 0 bridgehead atoms. The van der Waals surface area contributed by atoms with Crippen molar-refractivity contribution in [3.05, 3.63) is 34.9 Å². The number of nitrogens with zero attached hydrogens (tertiary/aromatic N) is 2. The van der Waals surface area contributed by atoms with Crippen LogP contribution in [0.2, 0.25) is 0 Å². The topological polar surface area (TPSA) is 108 Å². The molecule has 9 nitrogen and oxygen atoms in total. The maximum Gasteiger partial charge on any atom is 0.262 e. The Bertz CT molecular complexity index is 966. The average Bonchev–Trinajstić information content (AvgIpc) is 3.41. The van der Waals surface area contributed by atoms with Gasteiger partial charge in [0, 0.05) is 32.2 Å². The van der Waals surface area contributed by atoms with Gasteiger partial charge in [0.1, 0.15) is 6.04 Å². The molecule has 2 N–H and O–H groups in total. The number of hydrogen-bond acceptors (Lipinski definition) is 7. The van der Waals surface area contributed by atoms with Crippen LogP contribution in [-0.4, -0.2) is 77.9 Å². The number of benzene rings is 1. The fourth-order valence-corrected chi connectivity index (χ4v) is 5.27. The maximum absolute atomic E-state index is 13.0. The first-order valence-electron chi connectivity index (χ1n) is 11.9.